The van der Waals surface area contributed by atoms with E-state index in [2.05, 4.69) is 42.6 Å². The zero-order valence-electron chi connectivity index (χ0n) is 13.5. The van der Waals surface area contributed by atoms with Gasteiger partial charge in [0, 0.05) is 13.0 Å². The second-order valence-corrected chi connectivity index (χ2v) is 5.67. The number of nitrogens with zero attached hydrogens (tertiary/aromatic N) is 1. The van der Waals surface area contributed by atoms with Crippen LogP contribution in [0.3, 0.4) is 0 Å². The highest BCUT2D eigenvalue weighted by molar-refractivity contribution is 5.97. The van der Waals surface area contributed by atoms with Crippen LogP contribution < -0.4 is 10.2 Å². The fraction of sp³-hybridized carbons (Fsp3) is 0.250. The maximum atomic E-state index is 12.8. The van der Waals surface area contributed by atoms with Gasteiger partial charge in [-0.15, -0.1) is 0 Å². The van der Waals surface area contributed by atoms with E-state index in [1.807, 2.05) is 35.2 Å². The highest BCUT2D eigenvalue weighted by atomic mass is 16.2. The van der Waals surface area contributed by atoms with E-state index in [1.165, 1.54) is 11.1 Å². The first kappa shape index (κ1) is 15.5. The van der Waals surface area contributed by atoms with Crippen molar-refractivity contribution in [1.82, 2.24) is 5.32 Å². The van der Waals surface area contributed by atoms with Gasteiger partial charge in [-0.1, -0.05) is 61.5 Å². The van der Waals surface area contributed by atoms with Gasteiger partial charge in [0.05, 0.1) is 12.2 Å². The Labute approximate surface area is 137 Å². The summed E-state index contributed by atoms with van der Waals surface area (Å²) >= 11 is 0. The topological polar surface area (TPSA) is 32.3 Å². The van der Waals surface area contributed by atoms with Crippen molar-refractivity contribution in [2.75, 3.05) is 18.0 Å². The molecule has 23 heavy (non-hydrogen) atoms. The first-order valence-corrected chi connectivity index (χ1v) is 8.15. The first-order chi connectivity index (χ1) is 11.3. The number of rotatable bonds is 4. The van der Waals surface area contributed by atoms with E-state index in [9.17, 15) is 4.79 Å². The number of carbonyl (C=O) groups excluding carboxylic acids is 1. The van der Waals surface area contributed by atoms with Gasteiger partial charge in [-0.05, 0) is 29.3 Å². The molecular formula is C20H22N2O. The summed E-state index contributed by atoms with van der Waals surface area (Å²) in [4.78, 5) is 14.7. The van der Waals surface area contributed by atoms with E-state index in [-0.39, 0.29) is 5.91 Å². The van der Waals surface area contributed by atoms with Crippen LogP contribution in [-0.4, -0.2) is 19.0 Å². The summed E-state index contributed by atoms with van der Waals surface area (Å²) in [5.74, 6) is 0.156. The average Bonchev–Trinajstić information content (AvgIpc) is 2.57. The molecule has 0 aliphatic carbocycles. The third kappa shape index (κ3) is 3.51. The summed E-state index contributed by atoms with van der Waals surface area (Å²) in [6.45, 7) is 4.26. The number of hydrogen-bond acceptors (Lipinski definition) is 2. The average molecular weight is 306 g/mol. The van der Waals surface area contributed by atoms with Crippen LogP contribution in [0.5, 0.6) is 0 Å². The van der Waals surface area contributed by atoms with Gasteiger partial charge in [-0.2, -0.15) is 0 Å². The fourth-order valence-electron chi connectivity index (χ4n) is 2.88. The van der Waals surface area contributed by atoms with E-state index >= 15 is 0 Å². The summed E-state index contributed by atoms with van der Waals surface area (Å²) in [5.41, 5.74) is 4.42. The number of amides is 1. The predicted molar refractivity (Wildman–Crippen MR) is 96.2 cm³/mol. The minimum atomic E-state index is 0.156. The van der Waals surface area contributed by atoms with Gasteiger partial charge in [0.25, 0.3) is 0 Å². The Kier molecular flexibility index (Phi) is 4.89. The predicted octanol–water partition coefficient (Wildman–Crippen LogP) is 3.70. The van der Waals surface area contributed by atoms with Gasteiger partial charge >= 0.3 is 0 Å². The lowest BCUT2D eigenvalue weighted by atomic mass is 10.0. The van der Waals surface area contributed by atoms with Crippen LogP contribution >= 0.6 is 0 Å². The number of benzene rings is 2. The molecule has 0 radical (unpaired) electrons. The van der Waals surface area contributed by atoms with Crippen LogP contribution in [0.15, 0.2) is 48.5 Å². The summed E-state index contributed by atoms with van der Waals surface area (Å²) in [6.07, 6.45) is 4.74. The van der Waals surface area contributed by atoms with E-state index in [4.69, 9.17) is 0 Å². The number of nitrogens with one attached hydrogen (secondary N) is 1. The van der Waals surface area contributed by atoms with Crippen molar-refractivity contribution >= 4 is 23.7 Å². The van der Waals surface area contributed by atoms with Gasteiger partial charge in [-0.25, -0.2) is 0 Å². The number of anilines is 1. The molecule has 0 bridgehead atoms. The number of hydrogen-bond donors (Lipinski definition) is 1. The molecule has 3 nitrogen and oxygen atoms in total. The van der Waals surface area contributed by atoms with Crippen molar-refractivity contribution in [3.63, 3.8) is 0 Å². The van der Waals surface area contributed by atoms with Crippen molar-refractivity contribution in [3.05, 3.63) is 65.2 Å². The molecular weight excluding hydrogens is 284 g/mol. The molecule has 1 aliphatic rings. The summed E-state index contributed by atoms with van der Waals surface area (Å²) < 4.78 is 0. The Bertz CT molecular complexity index is 721. The Morgan fingerprint density at radius 3 is 2.57 bits per heavy atom. The Balaban J connectivity index is 1.97. The van der Waals surface area contributed by atoms with Crippen molar-refractivity contribution in [2.24, 2.45) is 0 Å². The number of para-hydroxylation sites is 1. The van der Waals surface area contributed by atoms with E-state index in [0.29, 0.717) is 19.5 Å². The third-order valence-electron chi connectivity index (χ3n) is 4.12. The molecule has 0 saturated carbocycles. The fourth-order valence-corrected chi connectivity index (χ4v) is 2.88. The minimum absolute atomic E-state index is 0.156. The van der Waals surface area contributed by atoms with Gasteiger partial charge in [0.2, 0.25) is 5.91 Å². The second-order valence-electron chi connectivity index (χ2n) is 5.67. The highest BCUT2D eigenvalue weighted by Gasteiger charge is 2.20. The zero-order chi connectivity index (χ0) is 16.1. The van der Waals surface area contributed by atoms with Gasteiger partial charge in [0.15, 0.2) is 0 Å². The second kappa shape index (κ2) is 7.25. The largest absolute Gasteiger partial charge is 0.316 e. The van der Waals surface area contributed by atoms with Crippen LogP contribution in [-0.2, 0) is 11.3 Å². The normalized spacial score (nSPS) is 14.4. The smallest absolute Gasteiger partial charge is 0.228 e. The minimum Gasteiger partial charge on any atom is -0.316 e. The zero-order valence-corrected chi connectivity index (χ0v) is 13.5. The number of fused-ring (bicyclic) bond motifs is 2. The van der Waals surface area contributed by atoms with Crippen LogP contribution in [0.25, 0.3) is 12.2 Å². The molecule has 1 amide bonds. The molecule has 3 rings (SSSR count). The molecule has 3 heteroatoms. The van der Waals surface area contributed by atoms with Crippen LogP contribution in [0.2, 0.25) is 0 Å². The van der Waals surface area contributed by atoms with E-state index < -0.39 is 0 Å². The first-order valence-electron chi connectivity index (χ1n) is 8.15. The van der Waals surface area contributed by atoms with Gasteiger partial charge < -0.3 is 10.2 Å². The number of carbonyl (C=O) groups is 1. The molecule has 0 fully saturated rings. The van der Waals surface area contributed by atoms with Crippen molar-refractivity contribution in [3.8, 4) is 0 Å². The SMILES string of the molecule is CCNCCC(=O)N1Cc2ccccc2/C=C\c2ccccc21. The molecule has 118 valence electrons. The Morgan fingerprint density at radius 1 is 1.04 bits per heavy atom. The summed E-state index contributed by atoms with van der Waals surface area (Å²) in [5, 5.41) is 3.23. The summed E-state index contributed by atoms with van der Waals surface area (Å²) in [7, 11) is 0. The monoisotopic (exact) mass is 306 g/mol. The molecule has 1 aliphatic heterocycles. The van der Waals surface area contributed by atoms with Gasteiger partial charge in [0.1, 0.15) is 0 Å². The lowest BCUT2D eigenvalue weighted by Gasteiger charge is -2.27. The Morgan fingerprint density at radius 2 is 1.74 bits per heavy atom. The van der Waals surface area contributed by atoms with E-state index in [0.717, 1.165) is 17.8 Å². The molecule has 1 N–H and O–H groups in total. The molecule has 0 atom stereocenters. The van der Waals surface area contributed by atoms with Crippen molar-refractivity contribution in [1.29, 1.82) is 0 Å². The van der Waals surface area contributed by atoms with Crippen molar-refractivity contribution < 1.29 is 4.79 Å². The van der Waals surface area contributed by atoms with Crippen LogP contribution in [0, 0.1) is 0 Å². The van der Waals surface area contributed by atoms with Gasteiger partial charge in [-0.3, -0.25) is 4.79 Å². The summed E-state index contributed by atoms with van der Waals surface area (Å²) in [6, 6.07) is 16.3. The molecule has 2 aromatic rings. The molecule has 1 heterocycles. The molecule has 0 spiro atoms. The molecule has 0 saturated heterocycles. The lowest BCUT2D eigenvalue weighted by Crippen LogP contribution is -2.33. The van der Waals surface area contributed by atoms with E-state index in [1.54, 1.807) is 0 Å². The standard InChI is InChI=1S/C20H22N2O/c1-2-21-14-13-20(23)22-15-18-9-4-3-7-16(18)11-12-17-8-5-6-10-19(17)22/h3-12,21H,2,13-15H2,1H3/b12-11-. The third-order valence-corrected chi connectivity index (χ3v) is 4.12. The molecule has 2 aromatic carbocycles. The van der Waals surface area contributed by atoms with Crippen LogP contribution in [0.1, 0.15) is 30.0 Å². The quantitative estimate of drug-likeness (QED) is 0.874. The molecule has 0 aromatic heterocycles. The lowest BCUT2D eigenvalue weighted by molar-refractivity contribution is -0.118. The molecule has 0 unspecified atom stereocenters. The van der Waals surface area contributed by atoms with Crippen molar-refractivity contribution in [2.45, 2.75) is 19.9 Å². The Hall–Kier alpha value is -2.39. The van der Waals surface area contributed by atoms with Crippen LogP contribution in [0.4, 0.5) is 5.69 Å². The highest BCUT2D eigenvalue weighted by Crippen LogP contribution is 2.29. The maximum absolute atomic E-state index is 12.8. The maximum Gasteiger partial charge on any atom is 0.228 e.